The number of nitrogen functional groups attached to an aromatic ring is 1. The maximum absolute atomic E-state index is 10.7. The molecule has 2 N–H and O–H groups in total. The second-order valence-electron chi connectivity index (χ2n) is 5.36. The molecular formula is C13H20N4O2. The second-order valence-corrected chi connectivity index (χ2v) is 5.36. The monoisotopic (exact) mass is 264 g/mol. The van der Waals surface area contributed by atoms with Gasteiger partial charge in [-0.05, 0) is 37.7 Å². The smallest absolute Gasteiger partial charge is 0.311 e. The number of hydrogen-bond acceptors (Lipinski definition) is 5. The van der Waals surface area contributed by atoms with E-state index in [0.717, 1.165) is 18.8 Å². The van der Waals surface area contributed by atoms with E-state index in [1.54, 1.807) is 6.07 Å². The number of nitrogens with zero attached hydrogens (tertiary/aromatic N) is 3. The molecule has 0 bridgehead atoms. The van der Waals surface area contributed by atoms with Gasteiger partial charge in [0.2, 0.25) is 5.82 Å². The molecule has 1 fully saturated rings. The van der Waals surface area contributed by atoms with E-state index in [1.165, 1.54) is 18.9 Å². The van der Waals surface area contributed by atoms with Crippen molar-refractivity contribution in [1.29, 1.82) is 0 Å². The molecule has 1 heterocycles. The molecule has 0 spiro atoms. The van der Waals surface area contributed by atoms with Crippen LogP contribution in [0.4, 0.5) is 17.3 Å². The molecule has 1 aromatic heterocycles. The molecule has 1 saturated carbocycles. The van der Waals surface area contributed by atoms with Crippen molar-refractivity contribution in [1.82, 2.24) is 4.98 Å². The van der Waals surface area contributed by atoms with E-state index in [-0.39, 0.29) is 11.5 Å². The van der Waals surface area contributed by atoms with E-state index >= 15 is 0 Å². The first-order chi connectivity index (χ1) is 8.99. The van der Waals surface area contributed by atoms with Crippen LogP contribution < -0.4 is 10.6 Å². The highest BCUT2D eigenvalue weighted by Gasteiger charge is 2.23. The number of rotatable bonds is 3. The Balaban J connectivity index is 2.13. The summed E-state index contributed by atoms with van der Waals surface area (Å²) >= 11 is 0. The van der Waals surface area contributed by atoms with E-state index in [1.807, 2.05) is 7.05 Å². The van der Waals surface area contributed by atoms with Crippen molar-refractivity contribution in [3.63, 3.8) is 0 Å². The average Bonchev–Trinajstić information content (AvgIpc) is 2.38. The summed E-state index contributed by atoms with van der Waals surface area (Å²) in [6.45, 7) is 2.28. The zero-order valence-corrected chi connectivity index (χ0v) is 11.4. The third kappa shape index (κ3) is 2.94. The molecule has 6 heteroatoms. The van der Waals surface area contributed by atoms with Gasteiger partial charge >= 0.3 is 5.69 Å². The highest BCUT2D eigenvalue weighted by Crippen LogP contribution is 2.30. The summed E-state index contributed by atoms with van der Waals surface area (Å²) in [5.41, 5.74) is 5.50. The number of nitrogens with two attached hydrogens (primary N) is 1. The van der Waals surface area contributed by atoms with Gasteiger partial charge < -0.3 is 10.6 Å². The molecule has 0 unspecified atom stereocenters. The van der Waals surface area contributed by atoms with E-state index in [0.29, 0.717) is 11.9 Å². The van der Waals surface area contributed by atoms with Crippen molar-refractivity contribution in [2.24, 2.45) is 5.92 Å². The molecule has 0 atom stereocenters. The molecule has 1 aliphatic carbocycles. The first kappa shape index (κ1) is 13.6. The van der Waals surface area contributed by atoms with Crippen LogP contribution in [0.1, 0.15) is 32.6 Å². The topological polar surface area (TPSA) is 85.3 Å². The molecular weight excluding hydrogens is 244 g/mol. The Bertz CT molecular complexity index is 470. The lowest BCUT2D eigenvalue weighted by atomic mass is 9.87. The number of pyridine rings is 1. The van der Waals surface area contributed by atoms with E-state index in [9.17, 15) is 10.1 Å². The Morgan fingerprint density at radius 3 is 2.53 bits per heavy atom. The van der Waals surface area contributed by atoms with E-state index in [2.05, 4.69) is 16.8 Å². The zero-order chi connectivity index (χ0) is 14.0. The van der Waals surface area contributed by atoms with Gasteiger partial charge in [0.15, 0.2) is 0 Å². The van der Waals surface area contributed by atoms with Gasteiger partial charge in [-0.1, -0.05) is 6.92 Å². The van der Waals surface area contributed by atoms with Crippen molar-refractivity contribution in [3.8, 4) is 0 Å². The Morgan fingerprint density at radius 1 is 1.37 bits per heavy atom. The molecule has 0 amide bonds. The largest absolute Gasteiger partial charge is 0.378 e. The Kier molecular flexibility index (Phi) is 3.87. The molecule has 0 aromatic carbocycles. The van der Waals surface area contributed by atoms with Gasteiger partial charge in [0.05, 0.1) is 4.92 Å². The van der Waals surface area contributed by atoms with E-state index < -0.39 is 4.92 Å². The number of nitro groups is 1. The molecule has 19 heavy (non-hydrogen) atoms. The standard InChI is InChI=1S/C13H20N4O2/c1-9-3-5-10(6-4-9)16(2)12-8-7-11(17(18)19)13(14)15-12/h7-10H,3-6H2,1-2H3,(H2,14,15). The summed E-state index contributed by atoms with van der Waals surface area (Å²) in [4.78, 5) is 16.4. The Morgan fingerprint density at radius 2 is 2.00 bits per heavy atom. The fourth-order valence-corrected chi connectivity index (χ4v) is 2.62. The average molecular weight is 264 g/mol. The van der Waals surface area contributed by atoms with Crippen molar-refractivity contribution in [3.05, 3.63) is 22.2 Å². The number of anilines is 2. The van der Waals surface area contributed by atoms with Gasteiger partial charge in [-0.2, -0.15) is 0 Å². The normalized spacial score (nSPS) is 23.1. The first-order valence-corrected chi connectivity index (χ1v) is 6.62. The lowest BCUT2D eigenvalue weighted by Crippen LogP contribution is -2.35. The van der Waals surface area contributed by atoms with Gasteiger partial charge in [-0.25, -0.2) is 4.98 Å². The van der Waals surface area contributed by atoms with Gasteiger partial charge in [-0.3, -0.25) is 10.1 Å². The van der Waals surface area contributed by atoms with Crippen LogP contribution in [0.15, 0.2) is 12.1 Å². The summed E-state index contributed by atoms with van der Waals surface area (Å²) in [7, 11) is 1.98. The minimum Gasteiger partial charge on any atom is -0.378 e. The summed E-state index contributed by atoms with van der Waals surface area (Å²) < 4.78 is 0. The van der Waals surface area contributed by atoms with Gasteiger partial charge in [0, 0.05) is 19.2 Å². The molecule has 2 rings (SSSR count). The maximum atomic E-state index is 10.7. The molecule has 0 saturated heterocycles. The molecule has 1 aliphatic rings. The Hall–Kier alpha value is -1.85. The molecule has 1 aromatic rings. The van der Waals surface area contributed by atoms with E-state index in [4.69, 9.17) is 5.73 Å². The number of hydrogen-bond donors (Lipinski definition) is 1. The quantitative estimate of drug-likeness (QED) is 0.670. The first-order valence-electron chi connectivity index (χ1n) is 6.62. The fraction of sp³-hybridized carbons (Fsp3) is 0.615. The van der Waals surface area contributed by atoms with Crippen LogP contribution >= 0.6 is 0 Å². The molecule has 0 aliphatic heterocycles. The minimum absolute atomic E-state index is 0.0153. The molecule has 104 valence electrons. The third-order valence-corrected chi connectivity index (χ3v) is 3.98. The van der Waals surface area contributed by atoms with Crippen LogP contribution in [0.3, 0.4) is 0 Å². The maximum Gasteiger partial charge on any atom is 0.311 e. The second kappa shape index (κ2) is 5.42. The summed E-state index contributed by atoms with van der Waals surface area (Å²) in [5.74, 6) is 1.49. The van der Waals surface area contributed by atoms with Crippen LogP contribution in [0.25, 0.3) is 0 Å². The number of aromatic nitrogens is 1. The van der Waals surface area contributed by atoms with Gasteiger partial charge in [-0.15, -0.1) is 0 Å². The SMILES string of the molecule is CC1CCC(N(C)c2ccc([N+](=O)[O-])c(N)n2)CC1. The lowest BCUT2D eigenvalue weighted by molar-refractivity contribution is -0.384. The predicted molar refractivity (Wildman–Crippen MR) is 75.1 cm³/mol. The van der Waals surface area contributed by atoms with Crippen molar-refractivity contribution in [2.45, 2.75) is 38.6 Å². The summed E-state index contributed by atoms with van der Waals surface area (Å²) in [6.07, 6.45) is 4.71. The van der Waals surface area contributed by atoms with Crippen molar-refractivity contribution in [2.75, 3.05) is 17.7 Å². The minimum atomic E-state index is -0.506. The van der Waals surface area contributed by atoms with Crippen molar-refractivity contribution >= 4 is 17.3 Å². The highest BCUT2D eigenvalue weighted by molar-refractivity contribution is 5.58. The van der Waals surface area contributed by atoms with Gasteiger partial charge in [0.1, 0.15) is 5.82 Å². The highest BCUT2D eigenvalue weighted by atomic mass is 16.6. The Labute approximate surface area is 112 Å². The van der Waals surface area contributed by atoms with Crippen LogP contribution in [-0.4, -0.2) is 23.0 Å². The van der Waals surface area contributed by atoms with Gasteiger partial charge in [0.25, 0.3) is 0 Å². The fourth-order valence-electron chi connectivity index (χ4n) is 2.62. The summed E-state index contributed by atoms with van der Waals surface area (Å²) in [5, 5.41) is 10.7. The van der Waals surface area contributed by atoms with Crippen LogP contribution in [0, 0.1) is 16.0 Å². The third-order valence-electron chi connectivity index (χ3n) is 3.98. The van der Waals surface area contributed by atoms with Crippen molar-refractivity contribution < 1.29 is 4.92 Å². The molecule has 0 radical (unpaired) electrons. The lowest BCUT2D eigenvalue weighted by Gasteiger charge is -2.34. The zero-order valence-electron chi connectivity index (χ0n) is 11.4. The van der Waals surface area contributed by atoms with Crippen LogP contribution in [0.2, 0.25) is 0 Å². The summed E-state index contributed by atoms with van der Waals surface area (Å²) in [6, 6.07) is 3.55. The van der Waals surface area contributed by atoms with Crippen LogP contribution in [-0.2, 0) is 0 Å². The molecule has 6 nitrogen and oxygen atoms in total. The van der Waals surface area contributed by atoms with Crippen LogP contribution in [0.5, 0.6) is 0 Å². The predicted octanol–water partition coefficient (Wildman–Crippen LogP) is 2.59.